The molecule has 1 aromatic heterocycles. The number of halogens is 1. The lowest BCUT2D eigenvalue weighted by molar-refractivity contribution is -0.115. The van der Waals surface area contributed by atoms with Crippen LogP contribution in [0.3, 0.4) is 0 Å². The van der Waals surface area contributed by atoms with Gasteiger partial charge < -0.3 is 14.6 Å². The number of carbonyl (C=O) groups excluding carboxylic acids is 1. The maximum absolute atomic E-state index is 12.0. The zero-order valence-electron chi connectivity index (χ0n) is 10.5. The number of hydrogen-bond acceptors (Lipinski definition) is 4. The first-order chi connectivity index (χ1) is 8.90. The van der Waals surface area contributed by atoms with E-state index in [0.717, 1.165) is 0 Å². The summed E-state index contributed by atoms with van der Waals surface area (Å²) in [5, 5.41) is 18.1. The van der Waals surface area contributed by atoms with Crippen molar-refractivity contribution < 1.29 is 24.2 Å². The Kier molecular flexibility index (Phi) is 3.41. The van der Waals surface area contributed by atoms with Crippen LogP contribution in [0.4, 0.5) is 0 Å². The van der Waals surface area contributed by atoms with Crippen molar-refractivity contribution in [3.63, 3.8) is 0 Å². The zero-order valence-corrected chi connectivity index (χ0v) is 11.2. The molecule has 0 saturated heterocycles. The predicted octanol–water partition coefficient (Wildman–Crippen LogP) is 3.22. The SMILES string of the molecule is CCCC1=C(O)c2c(oc(C(=O)O)c2C)C(Cl)C1=O. The van der Waals surface area contributed by atoms with E-state index >= 15 is 0 Å². The summed E-state index contributed by atoms with van der Waals surface area (Å²) in [6.07, 6.45) is 1.06. The van der Waals surface area contributed by atoms with Gasteiger partial charge in [0.2, 0.25) is 5.76 Å². The summed E-state index contributed by atoms with van der Waals surface area (Å²) >= 11 is 6.00. The first-order valence-electron chi connectivity index (χ1n) is 5.87. The van der Waals surface area contributed by atoms with E-state index in [-0.39, 0.29) is 34.0 Å². The van der Waals surface area contributed by atoms with Crippen LogP contribution < -0.4 is 0 Å². The standard InChI is InChI=1S/C13H13ClO5/c1-3-4-6-9(15)7-5(2)11(13(17)18)19-12(7)8(14)10(6)16/h8,15H,3-4H2,1-2H3,(H,17,18). The summed E-state index contributed by atoms with van der Waals surface area (Å²) in [6, 6.07) is 0. The quantitative estimate of drug-likeness (QED) is 0.832. The first-order valence-corrected chi connectivity index (χ1v) is 6.31. The van der Waals surface area contributed by atoms with Crippen LogP contribution in [0.25, 0.3) is 5.76 Å². The molecule has 0 bridgehead atoms. The number of furan rings is 1. The second-order valence-electron chi connectivity index (χ2n) is 4.40. The van der Waals surface area contributed by atoms with Gasteiger partial charge in [0.1, 0.15) is 11.5 Å². The molecule has 1 aliphatic carbocycles. The summed E-state index contributed by atoms with van der Waals surface area (Å²) in [6.45, 7) is 3.39. The molecule has 5 nitrogen and oxygen atoms in total. The number of carbonyl (C=O) groups is 2. The topological polar surface area (TPSA) is 87.7 Å². The minimum absolute atomic E-state index is 0.0129. The molecule has 1 aliphatic rings. The number of aliphatic hydroxyl groups is 1. The number of alkyl halides is 1. The van der Waals surface area contributed by atoms with Gasteiger partial charge in [-0.05, 0) is 13.3 Å². The molecule has 0 radical (unpaired) electrons. The Morgan fingerprint density at radius 2 is 2.11 bits per heavy atom. The van der Waals surface area contributed by atoms with Crippen LogP contribution in [0.2, 0.25) is 0 Å². The van der Waals surface area contributed by atoms with Crippen LogP contribution in [0.15, 0.2) is 9.99 Å². The van der Waals surface area contributed by atoms with Crippen molar-refractivity contribution in [1.82, 2.24) is 0 Å². The van der Waals surface area contributed by atoms with Crippen LogP contribution in [-0.4, -0.2) is 22.0 Å². The van der Waals surface area contributed by atoms with Crippen LogP contribution in [0.1, 0.15) is 52.6 Å². The van der Waals surface area contributed by atoms with Gasteiger partial charge in [-0.15, -0.1) is 11.6 Å². The van der Waals surface area contributed by atoms with Crippen molar-refractivity contribution in [3.05, 3.63) is 28.2 Å². The summed E-state index contributed by atoms with van der Waals surface area (Å²) in [5.41, 5.74) is 0.753. The van der Waals surface area contributed by atoms with Crippen molar-refractivity contribution in [2.24, 2.45) is 0 Å². The van der Waals surface area contributed by atoms with Crippen LogP contribution in [0, 0.1) is 6.92 Å². The molecule has 19 heavy (non-hydrogen) atoms. The fraction of sp³-hybridized carbons (Fsp3) is 0.385. The number of allylic oxidation sites excluding steroid dienone is 1. The van der Waals surface area contributed by atoms with Gasteiger partial charge in [0, 0.05) is 11.1 Å². The molecule has 6 heteroatoms. The van der Waals surface area contributed by atoms with Crippen LogP contribution in [-0.2, 0) is 4.79 Å². The van der Waals surface area contributed by atoms with E-state index in [1.807, 2.05) is 6.92 Å². The third kappa shape index (κ3) is 1.94. The molecule has 1 atom stereocenters. The van der Waals surface area contributed by atoms with E-state index in [9.17, 15) is 14.7 Å². The second kappa shape index (κ2) is 4.74. The molecule has 0 amide bonds. The molecule has 102 valence electrons. The van der Waals surface area contributed by atoms with Crippen LogP contribution >= 0.6 is 11.6 Å². The Bertz CT molecular complexity index is 596. The molecular formula is C13H13ClO5. The number of carboxylic acids is 1. The van der Waals surface area contributed by atoms with Gasteiger partial charge in [0.25, 0.3) is 0 Å². The van der Waals surface area contributed by atoms with Gasteiger partial charge in [-0.2, -0.15) is 0 Å². The van der Waals surface area contributed by atoms with E-state index in [1.165, 1.54) is 6.92 Å². The molecule has 1 aromatic rings. The van der Waals surface area contributed by atoms with E-state index in [2.05, 4.69) is 0 Å². The van der Waals surface area contributed by atoms with Crippen molar-refractivity contribution in [1.29, 1.82) is 0 Å². The van der Waals surface area contributed by atoms with Crippen molar-refractivity contribution in [3.8, 4) is 0 Å². The highest BCUT2D eigenvalue weighted by Gasteiger charge is 2.38. The Labute approximate surface area is 114 Å². The highest BCUT2D eigenvalue weighted by molar-refractivity contribution is 6.35. The normalized spacial score (nSPS) is 18.7. The van der Waals surface area contributed by atoms with Crippen LogP contribution in [0.5, 0.6) is 0 Å². The fourth-order valence-electron chi connectivity index (χ4n) is 2.24. The summed E-state index contributed by atoms with van der Waals surface area (Å²) in [5.74, 6) is -2.19. The minimum Gasteiger partial charge on any atom is -0.507 e. The molecule has 1 heterocycles. The highest BCUT2D eigenvalue weighted by Crippen LogP contribution is 2.42. The maximum atomic E-state index is 12.0. The second-order valence-corrected chi connectivity index (χ2v) is 4.84. The van der Waals surface area contributed by atoms with E-state index in [4.69, 9.17) is 21.1 Å². The number of ketones is 1. The molecule has 2 N–H and O–H groups in total. The van der Waals surface area contributed by atoms with E-state index in [1.54, 1.807) is 0 Å². The molecule has 1 unspecified atom stereocenters. The first kappa shape index (κ1) is 13.7. The fourth-order valence-corrected chi connectivity index (χ4v) is 2.53. The van der Waals surface area contributed by atoms with Crippen molar-refractivity contribution >= 4 is 29.1 Å². The Morgan fingerprint density at radius 1 is 1.47 bits per heavy atom. The summed E-state index contributed by atoms with van der Waals surface area (Å²) < 4.78 is 5.13. The lowest BCUT2D eigenvalue weighted by atomic mass is 9.90. The predicted molar refractivity (Wildman–Crippen MR) is 68.5 cm³/mol. The Hall–Kier alpha value is -1.75. The van der Waals surface area contributed by atoms with E-state index in [0.29, 0.717) is 12.8 Å². The number of Topliss-reactive ketones (excluding diaryl/α,β-unsaturated/α-hetero) is 1. The number of carboxylic acid groups (broad SMARTS) is 1. The number of aromatic carboxylic acids is 1. The monoisotopic (exact) mass is 284 g/mol. The van der Waals surface area contributed by atoms with Gasteiger partial charge >= 0.3 is 5.97 Å². The largest absolute Gasteiger partial charge is 0.507 e. The Morgan fingerprint density at radius 3 is 2.63 bits per heavy atom. The molecule has 0 spiro atoms. The molecular weight excluding hydrogens is 272 g/mol. The van der Waals surface area contributed by atoms with Crippen molar-refractivity contribution in [2.75, 3.05) is 0 Å². The van der Waals surface area contributed by atoms with Gasteiger partial charge in [-0.25, -0.2) is 4.79 Å². The van der Waals surface area contributed by atoms with E-state index < -0.39 is 17.1 Å². The Balaban J connectivity index is 2.70. The molecule has 0 fully saturated rings. The number of aliphatic hydroxyl groups excluding tert-OH is 1. The third-order valence-corrected chi connectivity index (χ3v) is 3.55. The van der Waals surface area contributed by atoms with Gasteiger partial charge in [-0.1, -0.05) is 13.3 Å². The average Bonchev–Trinajstić information content (AvgIpc) is 2.70. The molecule has 0 saturated carbocycles. The minimum atomic E-state index is -1.26. The number of hydrogen-bond donors (Lipinski definition) is 2. The summed E-state index contributed by atoms with van der Waals surface area (Å²) in [7, 11) is 0. The lowest BCUT2D eigenvalue weighted by Gasteiger charge is -2.18. The van der Waals surface area contributed by atoms with Gasteiger partial charge in [0.15, 0.2) is 11.2 Å². The summed E-state index contributed by atoms with van der Waals surface area (Å²) in [4.78, 5) is 23.0. The highest BCUT2D eigenvalue weighted by atomic mass is 35.5. The number of rotatable bonds is 3. The van der Waals surface area contributed by atoms with Gasteiger partial charge in [-0.3, -0.25) is 4.79 Å². The molecule has 0 aromatic carbocycles. The lowest BCUT2D eigenvalue weighted by Crippen LogP contribution is -2.18. The maximum Gasteiger partial charge on any atom is 0.372 e. The van der Waals surface area contributed by atoms with Gasteiger partial charge in [0.05, 0.1) is 5.56 Å². The third-order valence-electron chi connectivity index (χ3n) is 3.15. The molecule has 0 aliphatic heterocycles. The number of fused-ring (bicyclic) bond motifs is 1. The molecule has 2 rings (SSSR count). The zero-order chi connectivity index (χ0) is 14.3. The van der Waals surface area contributed by atoms with Crippen molar-refractivity contribution in [2.45, 2.75) is 32.1 Å². The smallest absolute Gasteiger partial charge is 0.372 e. The average molecular weight is 285 g/mol.